The molecular formula is C12H12ClNO3. The lowest BCUT2D eigenvalue weighted by Crippen LogP contribution is -2.01. The van der Waals surface area contributed by atoms with Crippen LogP contribution in [0.25, 0.3) is 11.1 Å². The third kappa shape index (κ3) is 2.77. The lowest BCUT2D eigenvalue weighted by Gasteiger charge is -1.99. The average Bonchev–Trinajstić information content (AvgIpc) is 2.77. The van der Waals surface area contributed by atoms with Gasteiger partial charge in [0.1, 0.15) is 5.52 Å². The SMILES string of the molecule is COC(=O)CCc1ccc2oc(CCl)nc2c1. The molecule has 17 heavy (non-hydrogen) atoms. The normalized spacial score (nSPS) is 10.7. The van der Waals surface area contributed by atoms with E-state index in [1.807, 2.05) is 18.2 Å². The van der Waals surface area contributed by atoms with Crippen molar-refractivity contribution in [3.8, 4) is 0 Å². The van der Waals surface area contributed by atoms with Gasteiger partial charge in [-0.3, -0.25) is 4.79 Å². The van der Waals surface area contributed by atoms with Crippen LogP contribution in [-0.2, 0) is 21.8 Å². The van der Waals surface area contributed by atoms with E-state index in [9.17, 15) is 4.79 Å². The molecule has 0 spiro atoms. The molecule has 0 atom stereocenters. The van der Waals surface area contributed by atoms with Crippen molar-refractivity contribution in [1.82, 2.24) is 4.98 Å². The minimum absolute atomic E-state index is 0.216. The first-order valence-corrected chi connectivity index (χ1v) is 5.77. The number of nitrogens with zero attached hydrogens (tertiary/aromatic N) is 1. The highest BCUT2D eigenvalue weighted by Gasteiger charge is 2.07. The van der Waals surface area contributed by atoms with E-state index in [1.165, 1.54) is 7.11 Å². The Labute approximate surface area is 104 Å². The van der Waals surface area contributed by atoms with E-state index in [4.69, 9.17) is 16.0 Å². The summed E-state index contributed by atoms with van der Waals surface area (Å²) >= 11 is 5.64. The number of fused-ring (bicyclic) bond motifs is 1. The van der Waals surface area contributed by atoms with E-state index in [1.54, 1.807) is 0 Å². The summed E-state index contributed by atoms with van der Waals surface area (Å²) in [6, 6.07) is 5.65. The molecule has 0 aliphatic rings. The topological polar surface area (TPSA) is 52.3 Å². The summed E-state index contributed by atoms with van der Waals surface area (Å²) in [4.78, 5) is 15.2. The van der Waals surface area contributed by atoms with Crippen LogP contribution in [0.3, 0.4) is 0 Å². The lowest BCUT2D eigenvalue weighted by atomic mass is 10.1. The number of carbonyl (C=O) groups excluding carboxylic acids is 1. The van der Waals surface area contributed by atoms with Crippen molar-refractivity contribution in [2.75, 3.05) is 7.11 Å². The quantitative estimate of drug-likeness (QED) is 0.621. The molecule has 2 rings (SSSR count). The number of esters is 1. The molecule has 5 heteroatoms. The maximum atomic E-state index is 11.0. The van der Waals surface area contributed by atoms with Gasteiger partial charge in [-0.1, -0.05) is 6.07 Å². The molecule has 0 bridgehead atoms. The molecule has 1 aromatic heterocycles. The van der Waals surface area contributed by atoms with Crippen molar-refractivity contribution >= 4 is 28.7 Å². The minimum atomic E-state index is -0.216. The Hall–Kier alpha value is -1.55. The van der Waals surface area contributed by atoms with Gasteiger partial charge < -0.3 is 9.15 Å². The molecule has 0 unspecified atom stereocenters. The molecule has 90 valence electrons. The molecule has 0 aliphatic carbocycles. The second-order valence-electron chi connectivity index (χ2n) is 3.62. The number of methoxy groups -OCH3 is 1. The number of rotatable bonds is 4. The van der Waals surface area contributed by atoms with Crippen molar-refractivity contribution in [2.45, 2.75) is 18.7 Å². The number of benzene rings is 1. The summed E-state index contributed by atoms with van der Waals surface area (Å²) in [6.45, 7) is 0. The molecule has 0 fully saturated rings. The van der Waals surface area contributed by atoms with Gasteiger partial charge in [-0.2, -0.15) is 0 Å². The van der Waals surface area contributed by atoms with E-state index in [-0.39, 0.29) is 11.8 Å². The van der Waals surface area contributed by atoms with Crippen LogP contribution < -0.4 is 0 Å². The van der Waals surface area contributed by atoms with E-state index >= 15 is 0 Å². The van der Waals surface area contributed by atoms with Crippen LogP contribution >= 0.6 is 11.6 Å². The van der Waals surface area contributed by atoms with Crippen LogP contribution in [0, 0.1) is 0 Å². The largest absolute Gasteiger partial charge is 0.469 e. The molecule has 0 radical (unpaired) electrons. The van der Waals surface area contributed by atoms with Gasteiger partial charge in [0.25, 0.3) is 0 Å². The highest BCUT2D eigenvalue weighted by Crippen LogP contribution is 2.19. The first-order valence-electron chi connectivity index (χ1n) is 5.24. The summed E-state index contributed by atoms with van der Waals surface area (Å²) in [6.07, 6.45) is 0.994. The van der Waals surface area contributed by atoms with Crippen LogP contribution in [0.2, 0.25) is 0 Å². The molecule has 0 aliphatic heterocycles. The summed E-state index contributed by atoms with van der Waals surface area (Å²) in [5, 5.41) is 0. The average molecular weight is 254 g/mol. The predicted molar refractivity (Wildman–Crippen MR) is 63.9 cm³/mol. The van der Waals surface area contributed by atoms with Crippen LogP contribution in [0.1, 0.15) is 17.9 Å². The first kappa shape index (κ1) is 11.9. The molecule has 1 aromatic carbocycles. The van der Waals surface area contributed by atoms with Crippen molar-refractivity contribution in [3.05, 3.63) is 29.7 Å². The number of aromatic nitrogens is 1. The molecular weight excluding hydrogens is 242 g/mol. The third-order valence-electron chi connectivity index (χ3n) is 2.46. The van der Waals surface area contributed by atoms with Gasteiger partial charge >= 0.3 is 5.97 Å². The highest BCUT2D eigenvalue weighted by atomic mass is 35.5. The van der Waals surface area contributed by atoms with Crippen LogP contribution in [0.5, 0.6) is 0 Å². The summed E-state index contributed by atoms with van der Waals surface area (Å²) < 4.78 is 9.97. The van der Waals surface area contributed by atoms with Crippen molar-refractivity contribution in [1.29, 1.82) is 0 Å². The zero-order valence-electron chi connectivity index (χ0n) is 9.40. The van der Waals surface area contributed by atoms with Gasteiger partial charge in [0.2, 0.25) is 5.89 Å². The Morgan fingerprint density at radius 3 is 3.06 bits per heavy atom. The number of aryl methyl sites for hydroxylation is 1. The monoisotopic (exact) mass is 253 g/mol. The van der Waals surface area contributed by atoms with E-state index in [2.05, 4.69) is 9.72 Å². The zero-order chi connectivity index (χ0) is 12.3. The van der Waals surface area contributed by atoms with Crippen LogP contribution in [0.4, 0.5) is 0 Å². The molecule has 0 saturated heterocycles. The number of carbonyl (C=O) groups is 1. The first-order chi connectivity index (χ1) is 8.22. The number of oxazole rings is 1. The second kappa shape index (κ2) is 5.19. The fourth-order valence-corrected chi connectivity index (χ4v) is 1.70. The Morgan fingerprint density at radius 2 is 2.35 bits per heavy atom. The van der Waals surface area contributed by atoms with Gasteiger partial charge in [0.15, 0.2) is 5.58 Å². The fraction of sp³-hybridized carbons (Fsp3) is 0.333. The van der Waals surface area contributed by atoms with Gasteiger partial charge in [0.05, 0.1) is 13.0 Å². The molecule has 1 heterocycles. The van der Waals surface area contributed by atoms with Crippen molar-refractivity contribution in [3.63, 3.8) is 0 Å². The van der Waals surface area contributed by atoms with Crippen LogP contribution in [-0.4, -0.2) is 18.1 Å². The number of hydrogen-bond donors (Lipinski definition) is 0. The molecule has 0 saturated carbocycles. The predicted octanol–water partition coefficient (Wildman–Crippen LogP) is 2.67. The number of hydrogen-bond acceptors (Lipinski definition) is 4. The summed E-state index contributed by atoms with van der Waals surface area (Å²) in [5.74, 6) is 0.546. The number of alkyl halides is 1. The second-order valence-corrected chi connectivity index (χ2v) is 3.89. The Balaban J connectivity index is 2.16. The van der Waals surface area contributed by atoms with E-state index in [0.717, 1.165) is 11.1 Å². The standard InChI is InChI=1S/C12H12ClNO3/c1-16-12(15)5-3-8-2-4-10-9(6-8)14-11(7-13)17-10/h2,4,6H,3,5,7H2,1H3. The molecule has 4 nitrogen and oxygen atoms in total. The lowest BCUT2D eigenvalue weighted by molar-refractivity contribution is -0.140. The molecule has 0 amide bonds. The van der Waals surface area contributed by atoms with Gasteiger partial charge in [-0.05, 0) is 24.1 Å². The smallest absolute Gasteiger partial charge is 0.305 e. The van der Waals surface area contributed by atoms with Gasteiger partial charge in [-0.15, -0.1) is 11.6 Å². The van der Waals surface area contributed by atoms with E-state index < -0.39 is 0 Å². The third-order valence-corrected chi connectivity index (χ3v) is 2.68. The molecule has 0 N–H and O–H groups in total. The summed E-state index contributed by atoms with van der Waals surface area (Å²) in [7, 11) is 1.38. The van der Waals surface area contributed by atoms with Gasteiger partial charge in [-0.25, -0.2) is 4.98 Å². The Bertz CT molecular complexity index is 536. The number of ether oxygens (including phenoxy) is 1. The summed E-state index contributed by atoms with van der Waals surface area (Å²) in [5.41, 5.74) is 2.50. The Morgan fingerprint density at radius 1 is 1.53 bits per heavy atom. The zero-order valence-corrected chi connectivity index (χ0v) is 10.2. The maximum Gasteiger partial charge on any atom is 0.305 e. The molecule has 2 aromatic rings. The van der Waals surface area contributed by atoms with Crippen molar-refractivity contribution in [2.24, 2.45) is 0 Å². The fourth-order valence-electron chi connectivity index (χ4n) is 1.58. The highest BCUT2D eigenvalue weighted by molar-refractivity contribution is 6.16. The van der Waals surface area contributed by atoms with Crippen molar-refractivity contribution < 1.29 is 13.9 Å². The Kier molecular flexibility index (Phi) is 3.64. The van der Waals surface area contributed by atoms with E-state index in [0.29, 0.717) is 24.3 Å². The number of halogens is 1. The van der Waals surface area contributed by atoms with Crippen LogP contribution in [0.15, 0.2) is 22.6 Å². The maximum absolute atomic E-state index is 11.0. The minimum Gasteiger partial charge on any atom is -0.469 e. The van der Waals surface area contributed by atoms with Gasteiger partial charge in [0, 0.05) is 6.42 Å².